The summed E-state index contributed by atoms with van der Waals surface area (Å²) in [5.41, 5.74) is 5.09. The van der Waals surface area contributed by atoms with Crippen LogP contribution in [0.5, 0.6) is 0 Å². The molecule has 8 heteroatoms. The van der Waals surface area contributed by atoms with Crippen LogP contribution in [-0.2, 0) is 45.1 Å². The average Bonchev–Trinajstić information content (AvgIpc) is 2.91. The van der Waals surface area contributed by atoms with Gasteiger partial charge >= 0.3 is 0 Å². The lowest BCUT2D eigenvalue weighted by Gasteiger charge is -2.10. The number of hydrogen-bond acceptors (Lipinski definition) is 8. The van der Waals surface area contributed by atoms with Crippen molar-refractivity contribution in [3.05, 3.63) is 70.8 Å². The number of ether oxygens (including phenoxy) is 4. The molecule has 2 aromatic rings. The Hall–Kier alpha value is -1.88. The molecule has 0 radical (unpaired) electrons. The Morgan fingerprint density at radius 2 is 0.556 bits per heavy atom. The summed E-state index contributed by atoms with van der Waals surface area (Å²) >= 11 is 0. The minimum atomic E-state index is 0.621. The van der Waals surface area contributed by atoms with Gasteiger partial charge in [-0.15, -0.1) is 0 Å². The first kappa shape index (κ1) is 28.7. The zero-order valence-electron chi connectivity index (χ0n) is 21.6. The molecule has 8 nitrogen and oxygen atoms in total. The fourth-order valence-corrected chi connectivity index (χ4v) is 3.70. The third-order valence-electron chi connectivity index (χ3n) is 5.80. The van der Waals surface area contributed by atoms with Gasteiger partial charge in [0.2, 0.25) is 0 Å². The smallest absolute Gasteiger partial charge is 0.0701 e. The normalized spacial score (nSPS) is 19.8. The molecule has 4 N–H and O–H groups in total. The Kier molecular flexibility index (Phi) is 15.3. The Labute approximate surface area is 216 Å². The summed E-state index contributed by atoms with van der Waals surface area (Å²) in [5, 5.41) is 13.7. The predicted octanol–water partition coefficient (Wildman–Crippen LogP) is 1.83. The van der Waals surface area contributed by atoms with Crippen molar-refractivity contribution in [1.29, 1.82) is 0 Å². The van der Waals surface area contributed by atoms with Crippen molar-refractivity contribution >= 4 is 0 Å². The fraction of sp³-hybridized carbons (Fsp3) is 0.571. The van der Waals surface area contributed by atoms with Crippen LogP contribution in [-0.4, -0.2) is 79.0 Å². The van der Waals surface area contributed by atoms with Crippen LogP contribution < -0.4 is 21.3 Å². The van der Waals surface area contributed by atoms with Crippen molar-refractivity contribution in [2.24, 2.45) is 0 Å². The van der Waals surface area contributed by atoms with E-state index < -0.39 is 0 Å². The van der Waals surface area contributed by atoms with Crippen LogP contribution in [0.1, 0.15) is 22.3 Å². The topological polar surface area (TPSA) is 85.0 Å². The maximum absolute atomic E-state index is 5.65. The van der Waals surface area contributed by atoms with Gasteiger partial charge < -0.3 is 40.2 Å². The van der Waals surface area contributed by atoms with Gasteiger partial charge in [-0.05, 0) is 22.3 Å². The van der Waals surface area contributed by atoms with Gasteiger partial charge in [0.15, 0.2) is 0 Å². The van der Waals surface area contributed by atoms with Crippen molar-refractivity contribution in [2.75, 3.05) is 79.0 Å². The van der Waals surface area contributed by atoms with Crippen molar-refractivity contribution in [3.8, 4) is 0 Å². The second-order valence-corrected chi connectivity index (χ2v) is 8.79. The van der Waals surface area contributed by atoms with E-state index in [1.54, 1.807) is 0 Å². The zero-order chi connectivity index (χ0) is 24.9. The molecule has 0 amide bonds. The van der Waals surface area contributed by atoms with E-state index >= 15 is 0 Å². The molecule has 4 aliphatic rings. The SMILES string of the molecule is c1cc2ccc1CNCCOCCOCCNCc1ccc(cc1)CNCCOCCOCCNC2. The average molecular weight is 501 g/mol. The Morgan fingerprint density at radius 3 is 0.778 bits per heavy atom. The van der Waals surface area contributed by atoms with Gasteiger partial charge in [-0.3, -0.25) is 0 Å². The lowest BCUT2D eigenvalue weighted by atomic mass is 10.1. The van der Waals surface area contributed by atoms with E-state index in [2.05, 4.69) is 69.8 Å². The van der Waals surface area contributed by atoms with Crippen LogP contribution in [0.25, 0.3) is 0 Å². The zero-order valence-corrected chi connectivity index (χ0v) is 21.6. The van der Waals surface area contributed by atoms with Crippen molar-refractivity contribution < 1.29 is 18.9 Å². The van der Waals surface area contributed by atoms with E-state index in [1.165, 1.54) is 22.3 Å². The van der Waals surface area contributed by atoms with Crippen LogP contribution in [0, 0.1) is 0 Å². The highest BCUT2D eigenvalue weighted by Crippen LogP contribution is 2.05. The highest BCUT2D eigenvalue weighted by Gasteiger charge is 1.99. The molecular formula is C28H44N4O4. The molecule has 4 heterocycles. The van der Waals surface area contributed by atoms with Crippen LogP contribution in [0.4, 0.5) is 0 Å². The number of hydrogen-bond donors (Lipinski definition) is 4. The fourth-order valence-electron chi connectivity index (χ4n) is 3.70. The van der Waals surface area contributed by atoms with Gasteiger partial charge in [0.1, 0.15) is 0 Å². The molecule has 0 aromatic heterocycles. The molecule has 0 fully saturated rings. The molecule has 2 aromatic carbocycles. The van der Waals surface area contributed by atoms with Gasteiger partial charge in [-0.25, -0.2) is 0 Å². The summed E-state index contributed by atoms with van der Waals surface area (Å²) in [4.78, 5) is 0. The molecular weight excluding hydrogens is 456 g/mol. The quantitative estimate of drug-likeness (QED) is 0.436. The molecule has 4 bridgehead atoms. The number of benzene rings is 2. The number of nitrogens with one attached hydrogen (secondary N) is 4. The lowest BCUT2D eigenvalue weighted by molar-refractivity contribution is 0.0497. The van der Waals surface area contributed by atoms with Crippen molar-refractivity contribution in [2.45, 2.75) is 26.2 Å². The Bertz CT molecular complexity index is 656. The van der Waals surface area contributed by atoms with E-state index in [0.717, 1.165) is 52.4 Å². The molecule has 0 atom stereocenters. The van der Waals surface area contributed by atoms with E-state index in [4.69, 9.17) is 18.9 Å². The summed E-state index contributed by atoms with van der Waals surface area (Å²) in [6.07, 6.45) is 0. The first-order chi connectivity index (χ1) is 17.9. The van der Waals surface area contributed by atoms with Gasteiger partial charge in [0.05, 0.1) is 52.9 Å². The van der Waals surface area contributed by atoms with Gasteiger partial charge in [0, 0.05) is 52.4 Å². The summed E-state index contributed by atoms with van der Waals surface area (Å²) in [5.74, 6) is 0. The summed E-state index contributed by atoms with van der Waals surface area (Å²) in [6, 6.07) is 17.4. The summed E-state index contributed by atoms with van der Waals surface area (Å²) < 4.78 is 22.6. The Morgan fingerprint density at radius 1 is 0.333 bits per heavy atom. The molecule has 36 heavy (non-hydrogen) atoms. The highest BCUT2D eigenvalue weighted by molar-refractivity contribution is 5.23. The Balaban J connectivity index is 1.33. The molecule has 4 aliphatic heterocycles. The van der Waals surface area contributed by atoms with Crippen LogP contribution >= 0.6 is 0 Å². The van der Waals surface area contributed by atoms with E-state index in [9.17, 15) is 0 Å². The standard InChI is InChI=1S/C28H44N4O4/c1-2-26-4-3-25(1)21-29-9-13-33-17-18-35-15-11-31-23-27-5-7-28(8-6-27)24-32-12-16-36-20-19-34-14-10-30-22-26/h1-8,29-32H,9-24H2. The first-order valence-corrected chi connectivity index (χ1v) is 13.2. The van der Waals surface area contributed by atoms with E-state index in [1.807, 2.05) is 0 Å². The molecule has 0 saturated carbocycles. The highest BCUT2D eigenvalue weighted by atomic mass is 16.5. The second kappa shape index (κ2) is 19.3. The molecule has 0 unspecified atom stereocenters. The maximum atomic E-state index is 5.65. The molecule has 0 aliphatic carbocycles. The molecule has 200 valence electrons. The minimum Gasteiger partial charge on any atom is -0.378 e. The lowest BCUT2D eigenvalue weighted by Crippen LogP contribution is -2.22. The first-order valence-electron chi connectivity index (χ1n) is 13.2. The predicted molar refractivity (Wildman–Crippen MR) is 143 cm³/mol. The largest absolute Gasteiger partial charge is 0.378 e. The van der Waals surface area contributed by atoms with Crippen molar-refractivity contribution in [1.82, 2.24) is 21.3 Å². The van der Waals surface area contributed by atoms with Crippen LogP contribution in [0.15, 0.2) is 48.5 Å². The third kappa shape index (κ3) is 13.4. The summed E-state index contributed by atoms with van der Waals surface area (Å²) in [7, 11) is 0. The summed E-state index contributed by atoms with van der Waals surface area (Å²) in [6.45, 7) is 11.9. The van der Waals surface area contributed by atoms with Gasteiger partial charge in [-0.1, -0.05) is 48.5 Å². The van der Waals surface area contributed by atoms with Crippen molar-refractivity contribution in [3.63, 3.8) is 0 Å². The minimum absolute atomic E-state index is 0.621. The van der Waals surface area contributed by atoms with Gasteiger partial charge in [-0.2, -0.15) is 0 Å². The van der Waals surface area contributed by atoms with Gasteiger partial charge in [0.25, 0.3) is 0 Å². The molecule has 0 spiro atoms. The number of rotatable bonds is 0. The van der Waals surface area contributed by atoms with E-state index in [-0.39, 0.29) is 0 Å². The monoisotopic (exact) mass is 500 g/mol. The maximum Gasteiger partial charge on any atom is 0.0701 e. The molecule has 6 rings (SSSR count). The van der Waals surface area contributed by atoms with Crippen LogP contribution in [0.2, 0.25) is 0 Å². The third-order valence-corrected chi connectivity index (χ3v) is 5.80. The van der Waals surface area contributed by atoms with E-state index in [0.29, 0.717) is 52.9 Å². The van der Waals surface area contributed by atoms with Crippen LogP contribution in [0.3, 0.4) is 0 Å². The second-order valence-electron chi connectivity index (χ2n) is 8.79. The molecule has 0 saturated heterocycles.